The Bertz CT molecular complexity index is 993. The van der Waals surface area contributed by atoms with E-state index < -0.39 is 16.1 Å². The second-order valence-corrected chi connectivity index (χ2v) is 9.73. The van der Waals surface area contributed by atoms with Crippen molar-refractivity contribution in [2.24, 2.45) is 10.3 Å². The van der Waals surface area contributed by atoms with Crippen LogP contribution in [0.3, 0.4) is 0 Å². The summed E-state index contributed by atoms with van der Waals surface area (Å²) in [6.45, 7) is 2.82. The zero-order valence-electron chi connectivity index (χ0n) is 16.2. The zero-order valence-corrected chi connectivity index (χ0v) is 17.0. The topological polar surface area (TPSA) is 90.4 Å². The Balaban J connectivity index is 1.32. The number of amidine groups is 1. The van der Waals surface area contributed by atoms with E-state index in [4.69, 9.17) is 0 Å². The van der Waals surface area contributed by atoms with Crippen molar-refractivity contribution in [3.05, 3.63) is 29.8 Å². The number of benzene rings is 1. The third-order valence-electron chi connectivity index (χ3n) is 6.25. The quantitative estimate of drug-likeness (QED) is 0.707. The molecule has 0 aromatic heterocycles. The summed E-state index contributed by atoms with van der Waals surface area (Å²) >= 11 is 0. The summed E-state index contributed by atoms with van der Waals surface area (Å²) in [7, 11) is -3.71. The third-order valence-corrected chi connectivity index (χ3v) is 7.58. The van der Waals surface area contributed by atoms with Crippen LogP contribution in [0.2, 0.25) is 0 Å². The first-order valence-corrected chi connectivity index (χ1v) is 11.7. The van der Waals surface area contributed by atoms with Gasteiger partial charge < -0.3 is 14.7 Å². The molecular formula is C20H24N4O4S. The number of piperazine rings is 1. The van der Waals surface area contributed by atoms with Crippen LogP contribution in [0.4, 0.5) is 0 Å². The maximum absolute atomic E-state index is 13.2. The van der Waals surface area contributed by atoms with Crippen molar-refractivity contribution in [1.29, 1.82) is 0 Å². The Labute approximate surface area is 170 Å². The Morgan fingerprint density at radius 2 is 1.55 bits per heavy atom. The normalized spacial score (nSPS) is 25.7. The Kier molecular flexibility index (Phi) is 4.38. The lowest BCUT2D eigenvalue weighted by Gasteiger charge is -2.37. The molecule has 8 nitrogen and oxygen atoms in total. The number of amides is 2. The zero-order chi connectivity index (χ0) is 20.2. The van der Waals surface area contributed by atoms with Crippen molar-refractivity contribution in [2.75, 3.05) is 32.7 Å². The molecular weight excluding hydrogens is 392 g/mol. The SMILES string of the molecule is O=C(C1CC1)N1CCN(C(=O)[C@@H]2CCCN2C2=NS(=O)(=O)c3ccccc32)CC1. The number of nitrogens with zero attached hydrogens (tertiary/aromatic N) is 4. The van der Waals surface area contributed by atoms with E-state index in [0.717, 1.165) is 19.3 Å². The van der Waals surface area contributed by atoms with Crippen LogP contribution < -0.4 is 0 Å². The first-order chi connectivity index (χ1) is 14.0. The van der Waals surface area contributed by atoms with Crippen molar-refractivity contribution in [3.63, 3.8) is 0 Å². The molecule has 1 saturated carbocycles. The number of carbonyl (C=O) groups excluding carboxylic acids is 2. The Morgan fingerprint density at radius 1 is 0.897 bits per heavy atom. The van der Waals surface area contributed by atoms with Crippen LogP contribution in [-0.4, -0.2) is 79.5 Å². The van der Waals surface area contributed by atoms with Gasteiger partial charge >= 0.3 is 0 Å². The molecule has 154 valence electrons. The van der Waals surface area contributed by atoms with Crippen LogP contribution in [0.5, 0.6) is 0 Å². The van der Waals surface area contributed by atoms with Gasteiger partial charge in [0.1, 0.15) is 10.9 Å². The van der Waals surface area contributed by atoms with E-state index in [1.807, 2.05) is 14.7 Å². The van der Waals surface area contributed by atoms with Crippen LogP contribution >= 0.6 is 0 Å². The lowest BCUT2D eigenvalue weighted by molar-refractivity contribution is -0.142. The number of carbonyl (C=O) groups is 2. The third kappa shape index (κ3) is 3.21. The highest BCUT2D eigenvalue weighted by molar-refractivity contribution is 7.90. The fraction of sp³-hybridized carbons (Fsp3) is 0.550. The minimum Gasteiger partial charge on any atom is -0.343 e. The molecule has 5 rings (SSSR count). The number of hydrogen-bond acceptors (Lipinski definition) is 5. The molecule has 0 N–H and O–H groups in total. The van der Waals surface area contributed by atoms with E-state index in [1.165, 1.54) is 0 Å². The van der Waals surface area contributed by atoms with Gasteiger partial charge in [-0.15, -0.1) is 4.40 Å². The molecule has 3 fully saturated rings. The highest BCUT2D eigenvalue weighted by Gasteiger charge is 2.41. The van der Waals surface area contributed by atoms with Crippen LogP contribution in [0, 0.1) is 5.92 Å². The Hall–Kier alpha value is -2.42. The van der Waals surface area contributed by atoms with Gasteiger partial charge in [0, 0.05) is 44.2 Å². The predicted molar refractivity (Wildman–Crippen MR) is 106 cm³/mol. The van der Waals surface area contributed by atoms with Gasteiger partial charge in [-0.25, -0.2) is 0 Å². The maximum Gasteiger partial charge on any atom is 0.285 e. The molecule has 29 heavy (non-hydrogen) atoms. The molecule has 4 aliphatic rings. The average Bonchev–Trinajstić information content (AvgIpc) is 3.41. The molecule has 1 aliphatic carbocycles. The molecule has 9 heteroatoms. The molecule has 1 aromatic rings. The van der Waals surface area contributed by atoms with Crippen molar-refractivity contribution in [1.82, 2.24) is 14.7 Å². The molecule has 0 radical (unpaired) electrons. The van der Waals surface area contributed by atoms with E-state index in [9.17, 15) is 18.0 Å². The van der Waals surface area contributed by atoms with E-state index in [-0.39, 0.29) is 22.6 Å². The van der Waals surface area contributed by atoms with Gasteiger partial charge in [0.05, 0.1) is 0 Å². The summed E-state index contributed by atoms with van der Waals surface area (Å²) in [6.07, 6.45) is 3.47. The number of fused-ring (bicyclic) bond motifs is 1. The van der Waals surface area contributed by atoms with Crippen LogP contribution in [0.25, 0.3) is 0 Å². The summed E-state index contributed by atoms with van der Waals surface area (Å²) in [4.78, 5) is 31.2. The van der Waals surface area contributed by atoms with Gasteiger partial charge in [-0.1, -0.05) is 12.1 Å². The highest BCUT2D eigenvalue weighted by atomic mass is 32.2. The summed E-state index contributed by atoms with van der Waals surface area (Å²) in [5.41, 5.74) is 0.576. The first kappa shape index (κ1) is 18.6. The second kappa shape index (κ2) is 6.83. The molecule has 2 amide bonds. The fourth-order valence-electron chi connectivity index (χ4n) is 4.52. The minimum atomic E-state index is -3.71. The molecule has 0 spiro atoms. The van der Waals surface area contributed by atoms with E-state index in [0.29, 0.717) is 50.5 Å². The largest absolute Gasteiger partial charge is 0.343 e. The van der Waals surface area contributed by atoms with Crippen molar-refractivity contribution < 1.29 is 18.0 Å². The number of likely N-dealkylation sites (tertiary alicyclic amines) is 1. The molecule has 3 heterocycles. The molecule has 1 aromatic carbocycles. The van der Waals surface area contributed by atoms with Crippen molar-refractivity contribution in [3.8, 4) is 0 Å². The number of rotatable bonds is 2. The van der Waals surface area contributed by atoms with Crippen LogP contribution in [0.1, 0.15) is 31.2 Å². The average molecular weight is 417 g/mol. The Morgan fingerprint density at radius 3 is 2.24 bits per heavy atom. The van der Waals surface area contributed by atoms with E-state index in [1.54, 1.807) is 24.3 Å². The van der Waals surface area contributed by atoms with Gasteiger partial charge in [-0.05, 0) is 37.8 Å². The van der Waals surface area contributed by atoms with Gasteiger partial charge in [0.15, 0.2) is 5.84 Å². The number of hydrogen-bond donors (Lipinski definition) is 0. The van der Waals surface area contributed by atoms with E-state index in [2.05, 4.69) is 4.40 Å². The summed E-state index contributed by atoms with van der Waals surface area (Å²) in [5.74, 6) is 0.816. The van der Waals surface area contributed by atoms with Crippen molar-refractivity contribution in [2.45, 2.75) is 36.6 Å². The predicted octanol–water partition coefficient (Wildman–Crippen LogP) is 0.681. The lowest BCUT2D eigenvalue weighted by atomic mass is 10.1. The maximum atomic E-state index is 13.2. The molecule has 0 unspecified atom stereocenters. The lowest BCUT2D eigenvalue weighted by Crippen LogP contribution is -2.55. The molecule has 1 atom stereocenters. The smallest absolute Gasteiger partial charge is 0.285 e. The highest BCUT2D eigenvalue weighted by Crippen LogP contribution is 2.33. The second-order valence-electron chi connectivity index (χ2n) is 8.16. The minimum absolute atomic E-state index is 0.00509. The molecule has 2 saturated heterocycles. The monoisotopic (exact) mass is 416 g/mol. The van der Waals surface area contributed by atoms with Crippen LogP contribution in [0.15, 0.2) is 33.6 Å². The number of sulfonamides is 1. The molecule has 3 aliphatic heterocycles. The van der Waals surface area contributed by atoms with Crippen molar-refractivity contribution >= 4 is 27.7 Å². The van der Waals surface area contributed by atoms with Gasteiger partial charge in [0.2, 0.25) is 11.8 Å². The van der Waals surface area contributed by atoms with Crippen LogP contribution in [-0.2, 0) is 19.6 Å². The summed E-state index contributed by atoms with van der Waals surface area (Å²) < 4.78 is 28.8. The fourth-order valence-corrected chi connectivity index (χ4v) is 5.74. The standard InChI is InChI=1S/C20H24N4O4S/c25-19(14-7-8-14)22-10-12-23(13-11-22)20(26)16-5-3-9-24(16)18-15-4-1-2-6-17(15)29(27,28)21-18/h1-2,4,6,14,16H,3,5,7-13H2/t16-/m0/s1. The molecule has 0 bridgehead atoms. The summed E-state index contributed by atoms with van der Waals surface area (Å²) in [6, 6.07) is 6.38. The first-order valence-electron chi connectivity index (χ1n) is 10.2. The van der Waals surface area contributed by atoms with Gasteiger partial charge in [0.25, 0.3) is 10.0 Å². The van der Waals surface area contributed by atoms with Gasteiger partial charge in [-0.3, -0.25) is 9.59 Å². The van der Waals surface area contributed by atoms with Gasteiger partial charge in [-0.2, -0.15) is 8.42 Å². The van der Waals surface area contributed by atoms with E-state index >= 15 is 0 Å². The summed E-state index contributed by atoms with van der Waals surface area (Å²) in [5, 5.41) is 0.